The van der Waals surface area contributed by atoms with Crippen molar-refractivity contribution in [1.82, 2.24) is 4.90 Å². The summed E-state index contributed by atoms with van der Waals surface area (Å²) >= 11 is 0. The maximum absolute atomic E-state index is 4.30. The first-order chi connectivity index (χ1) is 6.75. The third kappa shape index (κ3) is 5.05. The van der Waals surface area contributed by atoms with Gasteiger partial charge in [-0.05, 0) is 53.4 Å². The SMILES string of the molecule is C=C(CC(C)(C)C)N(C(C)(C)C)C(C)(C)C. The molecule has 0 unspecified atom stereocenters. The highest BCUT2D eigenvalue weighted by Crippen LogP contribution is 2.34. The van der Waals surface area contributed by atoms with Gasteiger partial charge >= 0.3 is 0 Å². The van der Waals surface area contributed by atoms with Crippen LogP contribution in [0.3, 0.4) is 0 Å². The molecule has 0 radical (unpaired) electrons. The third-order valence-corrected chi connectivity index (χ3v) is 2.39. The number of hydrogen-bond acceptors (Lipinski definition) is 1. The predicted molar refractivity (Wildman–Crippen MR) is 74.6 cm³/mol. The van der Waals surface area contributed by atoms with Crippen LogP contribution in [0, 0.1) is 5.41 Å². The second-order valence-corrected chi connectivity index (χ2v) is 7.98. The van der Waals surface area contributed by atoms with Gasteiger partial charge in [0.2, 0.25) is 0 Å². The van der Waals surface area contributed by atoms with Crippen LogP contribution in [0.1, 0.15) is 68.7 Å². The Morgan fingerprint density at radius 3 is 1.31 bits per heavy atom. The van der Waals surface area contributed by atoms with E-state index in [0.717, 1.165) is 6.42 Å². The molecule has 0 spiro atoms. The maximum Gasteiger partial charge on any atom is 0.0320 e. The maximum atomic E-state index is 4.30. The van der Waals surface area contributed by atoms with Crippen LogP contribution in [-0.4, -0.2) is 16.0 Å². The van der Waals surface area contributed by atoms with Gasteiger partial charge < -0.3 is 4.90 Å². The lowest BCUT2D eigenvalue weighted by Crippen LogP contribution is -2.51. The molecular weight excluding hydrogens is 194 g/mol. The van der Waals surface area contributed by atoms with Crippen molar-refractivity contribution in [3.05, 3.63) is 12.3 Å². The van der Waals surface area contributed by atoms with E-state index in [1.807, 2.05) is 0 Å². The average molecular weight is 225 g/mol. The molecule has 0 heterocycles. The fourth-order valence-corrected chi connectivity index (χ4v) is 2.65. The minimum absolute atomic E-state index is 0.126. The predicted octanol–water partition coefficient (Wildman–Crippen LogP) is 4.84. The van der Waals surface area contributed by atoms with Gasteiger partial charge in [0.15, 0.2) is 0 Å². The van der Waals surface area contributed by atoms with E-state index in [2.05, 4.69) is 73.8 Å². The van der Waals surface area contributed by atoms with Crippen molar-refractivity contribution < 1.29 is 0 Å². The lowest BCUT2D eigenvalue weighted by atomic mass is 9.87. The number of allylic oxidation sites excluding steroid dienone is 1. The molecule has 0 aromatic heterocycles. The van der Waals surface area contributed by atoms with Gasteiger partial charge in [0, 0.05) is 16.8 Å². The van der Waals surface area contributed by atoms with E-state index in [-0.39, 0.29) is 11.1 Å². The monoisotopic (exact) mass is 225 g/mol. The zero-order valence-electron chi connectivity index (χ0n) is 12.9. The lowest BCUT2D eigenvalue weighted by molar-refractivity contribution is 0.0688. The molecule has 16 heavy (non-hydrogen) atoms. The van der Waals surface area contributed by atoms with E-state index in [1.54, 1.807) is 0 Å². The molecule has 0 rings (SSSR count). The third-order valence-electron chi connectivity index (χ3n) is 2.39. The van der Waals surface area contributed by atoms with E-state index >= 15 is 0 Å². The van der Waals surface area contributed by atoms with Crippen molar-refractivity contribution in [1.29, 1.82) is 0 Å². The van der Waals surface area contributed by atoms with Gasteiger partial charge in [-0.3, -0.25) is 0 Å². The Kier molecular flexibility index (Phi) is 4.30. The molecule has 96 valence electrons. The van der Waals surface area contributed by atoms with Crippen molar-refractivity contribution in [2.45, 2.75) is 79.8 Å². The van der Waals surface area contributed by atoms with Crippen molar-refractivity contribution in [3.63, 3.8) is 0 Å². The number of rotatable bonds is 2. The van der Waals surface area contributed by atoms with Gasteiger partial charge in [-0.1, -0.05) is 27.4 Å². The van der Waals surface area contributed by atoms with E-state index in [0.29, 0.717) is 5.41 Å². The van der Waals surface area contributed by atoms with Crippen LogP contribution in [0.5, 0.6) is 0 Å². The number of nitrogens with zero attached hydrogens (tertiary/aromatic N) is 1. The van der Waals surface area contributed by atoms with Gasteiger partial charge in [-0.15, -0.1) is 0 Å². The van der Waals surface area contributed by atoms with Crippen LogP contribution in [0.15, 0.2) is 12.3 Å². The molecule has 1 nitrogen and oxygen atoms in total. The van der Waals surface area contributed by atoms with Crippen LogP contribution in [0.2, 0.25) is 0 Å². The normalized spacial score (nSPS) is 13.8. The highest BCUT2D eigenvalue weighted by atomic mass is 15.2. The highest BCUT2D eigenvalue weighted by Gasteiger charge is 2.33. The molecule has 0 aliphatic rings. The van der Waals surface area contributed by atoms with Crippen LogP contribution >= 0.6 is 0 Å². The van der Waals surface area contributed by atoms with Gasteiger partial charge in [0.1, 0.15) is 0 Å². The Morgan fingerprint density at radius 1 is 0.812 bits per heavy atom. The first-order valence-electron chi connectivity index (χ1n) is 6.23. The molecule has 1 heteroatoms. The quantitative estimate of drug-likeness (QED) is 0.650. The first kappa shape index (κ1) is 15.5. The minimum Gasteiger partial charge on any atom is -0.366 e. The summed E-state index contributed by atoms with van der Waals surface area (Å²) in [6.45, 7) is 24.6. The van der Waals surface area contributed by atoms with Gasteiger partial charge in [0.25, 0.3) is 0 Å². The standard InChI is InChI=1S/C15H31N/c1-12(11-13(2,3)4)16(14(5,6)7)15(8,9)10/h1,11H2,2-10H3. The molecule has 0 saturated carbocycles. The highest BCUT2D eigenvalue weighted by molar-refractivity contribution is 5.06. The molecule has 0 saturated heterocycles. The van der Waals surface area contributed by atoms with Crippen molar-refractivity contribution >= 4 is 0 Å². The second-order valence-electron chi connectivity index (χ2n) is 7.98. The molecule has 0 aromatic rings. The fourth-order valence-electron chi connectivity index (χ4n) is 2.65. The molecule has 0 aliphatic heterocycles. The first-order valence-corrected chi connectivity index (χ1v) is 6.23. The van der Waals surface area contributed by atoms with Crippen molar-refractivity contribution in [2.75, 3.05) is 0 Å². The summed E-state index contributed by atoms with van der Waals surface area (Å²) in [6, 6.07) is 0. The Balaban J connectivity index is 5.03. The van der Waals surface area contributed by atoms with Gasteiger partial charge in [-0.2, -0.15) is 0 Å². The molecule has 0 aromatic carbocycles. The smallest absolute Gasteiger partial charge is 0.0320 e. The summed E-state index contributed by atoms with van der Waals surface area (Å²) in [5.41, 5.74) is 1.79. The average Bonchev–Trinajstić information content (AvgIpc) is 1.70. The van der Waals surface area contributed by atoms with E-state index in [4.69, 9.17) is 0 Å². The van der Waals surface area contributed by atoms with Crippen LogP contribution < -0.4 is 0 Å². The molecular formula is C15H31N. The zero-order chi connectivity index (χ0) is 13.4. The number of hydrogen-bond donors (Lipinski definition) is 0. The van der Waals surface area contributed by atoms with Gasteiger partial charge in [-0.25, -0.2) is 0 Å². The summed E-state index contributed by atoms with van der Waals surface area (Å²) in [6.07, 6.45) is 1.04. The Morgan fingerprint density at radius 2 is 1.12 bits per heavy atom. The molecule has 0 bridgehead atoms. The Labute approximate surface area is 103 Å². The molecule has 0 fully saturated rings. The zero-order valence-corrected chi connectivity index (χ0v) is 12.9. The van der Waals surface area contributed by atoms with Crippen LogP contribution in [-0.2, 0) is 0 Å². The Hall–Kier alpha value is -0.460. The van der Waals surface area contributed by atoms with Gasteiger partial charge in [0.05, 0.1) is 0 Å². The summed E-state index contributed by atoms with van der Waals surface area (Å²) in [5.74, 6) is 0. The largest absolute Gasteiger partial charge is 0.366 e. The minimum atomic E-state index is 0.126. The van der Waals surface area contributed by atoms with Crippen LogP contribution in [0.4, 0.5) is 0 Å². The van der Waals surface area contributed by atoms with E-state index < -0.39 is 0 Å². The molecule has 0 aliphatic carbocycles. The summed E-state index contributed by atoms with van der Waals surface area (Å²) in [7, 11) is 0. The van der Waals surface area contributed by atoms with E-state index in [1.165, 1.54) is 5.70 Å². The summed E-state index contributed by atoms with van der Waals surface area (Å²) in [4.78, 5) is 2.45. The molecule has 0 N–H and O–H groups in total. The molecule has 0 amide bonds. The van der Waals surface area contributed by atoms with Crippen molar-refractivity contribution in [2.24, 2.45) is 5.41 Å². The lowest BCUT2D eigenvalue weighted by Gasteiger charge is -2.49. The second kappa shape index (κ2) is 4.43. The molecule has 0 atom stereocenters. The Bertz CT molecular complexity index is 228. The topological polar surface area (TPSA) is 3.24 Å². The summed E-state index contributed by atoms with van der Waals surface area (Å²) in [5, 5.41) is 0. The summed E-state index contributed by atoms with van der Waals surface area (Å²) < 4.78 is 0. The van der Waals surface area contributed by atoms with Crippen molar-refractivity contribution in [3.8, 4) is 0 Å². The van der Waals surface area contributed by atoms with E-state index in [9.17, 15) is 0 Å². The fraction of sp³-hybridized carbons (Fsp3) is 0.867. The van der Waals surface area contributed by atoms with Crippen LogP contribution in [0.25, 0.3) is 0 Å².